The van der Waals surface area contributed by atoms with Gasteiger partial charge in [0.05, 0.1) is 6.54 Å². The number of hydrogen-bond acceptors (Lipinski definition) is 3. The van der Waals surface area contributed by atoms with E-state index in [-0.39, 0.29) is 0 Å². The van der Waals surface area contributed by atoms with Crippen molar-refractivity contribution in [1.82, 2.24) is 5.32 Å². The molecule has 0 saturated heterocycles. The van der Waals surface area contributed by atoms with Crippen molar-refractivity contribution < 1.29 is 14.3 Å². The molecule has 1 rings (SSSR count). The van der Waals surface area contributed by atoms with Gasteiger partial charge in [-0.3, -0.25) is 10.1 Å². The second-order valence-corrected chi connectivity index (χ2v) is 4.41. The predicted molar refractivity (Wildman–Crippen MR) is 61.2 cm³/mol. The molecule has 0 fully saturated rings. The highest BCUT2D eigenvalue weighted by Gasteiger charge is 2.18. The van der Waals surface area contributed by atoms with E-state index in [0.717, 1.165) is 11.5 Å². The van der Waals surface area contributed by atoms with Crippen LogP contribution in [0.25, 0.3) is 0 Å². The van der Waals surface area contributed by atoms with Crippen molar-refractivity contribution >= 4 is 5.97 Å². The molecule has 0 saturated carbocycles. The summed E-state index contributed by atoms with van der Waals surface area (Å²) in [6, 6.07) is 3.22. The second kappa shape index (κ2) is 5.70. The largest absolute Gasteiger partial charge is 0.480 e. The third-order valence-corrected chi connectivity index (χ3v) is 2.32. The highest BCUT2D eigenvalue weighted by atomic mass is 16.4. The van der Waals surface area contributed by atoms with Gasteiger partial charge in [-0.1, -0.05) is 13.8 Å². The number of aryl methyl sites for hydroxylation is 1. The summed E-state index contributed by atoms with van der Waals surface area (Å²) in [5, 5.41) is 12.0. The fourth-order valence-corrected chi connectivity index (χ4v) is 1.55. The van der Waals surface area contributed by atoms with Crippen molar-refractivity contribution in [2.24, 2.45) is 5.92 Å². The Kier molecular flexibility index (Phi) is 4.55. The van der Waals surface area contributed by atoms with E-state index in [1.165, 1.54) is 0 Å². The van der Waals surface area contributed by atoms with Gasteiger partial charge in [0.25, 0.3) is 0 Å². The van der Waals surface area contributed by atoms with Crippen LogP contribution in [0.3, 0.4) is 0 Å². The SMILES string of the molecule is Cc1ccc(CNC(CC(C)C)C(=O)O)o1. The minimum absolute atomic E-state index is 0.354. The molecule has 0 aliphatic rings. The van der Waals surface area contributed by atoms with Gasteiger partial charge in [-0.15, -0.1) is 0 Å². The van der Waals surface area contributed by atoms with Crippen molar-refractivity contribution in [3.05, 3.63) is 23.7 Å². The van der Waals surface area contributed by atoms with E-state index in [2.05, 4.69) is 5.32 Å². The molecule has 1 unspecified atom stereocenters. The van der Waals surface area contributed by atoms with E-state index in [1.807, 2.05) is 32.9 Å². The van der Waals surface area contributed by atoms with E-state index in [9.17, 15) is 4.79 Å². The first-order valence-electron chi connectivity index (χ1n) is 5.50. The summed E-state index contributed by atoms with van der Waals surface area (Å²) < 4.78 is 5.36. The first-order chi connectivity index (χ1) is 7.49. The molecule has 1 atom stereocenters. The molecular formula is C12H19NO3. The maximum absolute atomic E-state index is 11.0. The zero-order valence-corrected chi connectivity index (χ0v) is 9.99. The summed E-state index contributed by atoms with van der Waals surface area (Å²) in [4.78, 5) is 11.0. The molecule has 1 aromatic rings. The first-order valence-corrected chi connectivity index (χ1v) is 5.50. The smallest absolute Gasteiger partial charge is 0.320 e. The first kappa shape index (κ1) is 12.8. The molecule has 1 aromatic heterocycles. The monoisotopic (exact) mass is 225 g/mol. The zero-order chi connectivity index (χ0) is 12.1. The van der Waals surface area contributed by atoms with Crippen LogP contribution in [0.5, 0.6) is 0 Å². The Labute approximate surface area is 95.7 Å². The molecule has 16 heavy (non-hydrogen) atoms. The number of carbonyl (C=O) groups is 1. The van der Waals surface area contributed by atoms with Crippen LogP contribution in [-0.4, -0.2) is 17.1 Å². The highest BCUT2D eigenvalue weighted by Crippen LogP contribution is 2.09. The third kappa shape index (κ3) is 4.06. The Balaban J connectivity index is 2.46. The molecule has 0 aliphatic carbocycles. The molecule has 1 heterocycles. The van der Waals surface area contributed by atoms with Crippen LogP contribution in [0.1, 0.15) is 31.8 Å². The Morgan fingerprint density at radius 2 is 2.19 bits per heavy atom. The van der Waals surface area contributed by atoms with Crippen LogP contribution in [-0.2, 0) is 11.3 Å². The standard InChI is InChI=1S/C12H19NO3/c1-8(2)6-11(12(14)15)13-7-10-5-4-9(3)16-10/h4-5,8,11,13H,6-7H2,1-3H3,(H,14,15). The topological polar surface area (TPSA) is 62.5 Å². The molecular weight excluding hydrogens is 206 g/mol. The zero-order valence-electron chi connectivity index (χ0n) is 9.99. The summed E-state index contributed by atoms with van der Waals surface area (Å²) in [5.41, 5.74) is 0. The number of furan rings is 1. The van der Waals surface area contributed by atoms with Gasteiger partial charge >= 0.3 is 5.97 Å². The Morgan fingerprint density at radius 1 is 1.50 bits per heavy atom. The lowest BCUT2D eigenvalue weighted by molar-refractivity contribution is -0.140. The van der Waals surface area contributed by atoms with Gasteiger partial charge in [-0.05, 0) is 31.4 Å². The highest BCUT2D eigenvalue weighted by molar-refractivity contribution is 5.73. The van der Waals surface area contributed by atoms with Crippen molar-refractivity contribution in [2.45, 2.75) is 39.8 Å². The summed E-state index contributed by atoms with van der Waals surface area (Å²) in [7, 11) is 0. The lowest BCUT2D eigenvalue weighted by Crippen LogP contribution is -2.37. The molecule has 0 aliphatic heterocycles. The molecule has 4 heteroatoms. The molecule has 4 nitrogen and oxygen atoms in total. The van der Waals surface area contributed by atoms with E-state index in [4.69, 9.17) is 9.52 Å². The molecule has 0 aromatic carbocycles. The number of aliphatic carboxylic acids is 1. The van der Waals surface area contributed by atoms with E-state index in [1.54, 1.807) is 0 Å². The lowest BCUT2D eigenvalue weighted by atomic mass is 10.0. The second-order valence-electron chi connectivity index (χ2n) is 4.41. The molecule has 2 N–H and O–H groups in total. The van der Waals surface area contributed by atoms with Crippen molar-refractivity contribution in [3.63, 3.8) is 0 Å². The van der Waals surface area contributed by atoms with Gasteiger partial charge in [0.15, 0.2) is 0 Å². The van der Waals surface area contributed by atoms with Crippen LogP contribution < -0.4 is 5.32 Å². The molecule has 0 spiro atoms. The molecule has 0 amide bonds. The van der Waals surface area contributed by atoms with E-state index < -0.39 is 12.0 Å². The van der Waals surface area contributed by atoms with E-state index in [0.29, 0.717) is 18.9 Å². The van der Waals surface area contributed by atoms with Crippen molar-refractivity contribution in [1.29, 1.82) is 0 Å². The lowest BCUT2D eigenvalue weighted by Gasteiger charge is -2.15. The normalized spacial score (nSPS) is 13.0. The van der Waals surface area contributed by atoms with E-state index >= 15 is 0 Å². The van der Waals surface area contributed by atoms with Crippen LogP contribution in [0.4, 0.5) is 0 Å². The number of hydrogen-bond donors (Lipinski definition) is 2. The number of nitrogens with one attached hydrogen (secondary N) is 1. The quantitative estimate of drug-likeness (QED) is 0.779. The molecule has 0 radical (unpaired) electrons. The summed E-state index contributed by atoms with van der Waals surface area (Å²) in [6.45, 7) is 6.34. The van der Waals surface area contributed by atoms with Crippen LogP contribution in [0.2, 0.25) is 0 Å². The fraction of sp³-hybridized carbons (Fsp3) is 0.583. The summed E-state index contributed by atoms with van der Waals surface area (Å²) >= 11 is 0. The summed E-state index contributed by atoms with van der Waals surface area (Å²) in [5.74, 6) is 1.16. The van der Waals surface area contributed by atoms with Gasteiger partial charge in [0, 0.05) is 0 Å². The van der Waals surface area contributed by atoms with Crippen molar-refractivity contribution in [3.8, 4) is 0 Å². The fourth-order valence-electron chi connectivity index (χ4n) is 1.55. The minimum atomic E-state index is -0.808. The van der Waals surface area contributed by atoms with Gasteiger partial charge < -0.3 is 9.52 Å². The maximum atomic E-state index is 11.0. The minimum Gasteiger partial charge on any atom is -0.480 e. The predicted octanol–water partition coefficient (Wildman–Crippen LogP) is 2.18. The summed E-state index contributed by atoms with van der Waals surface area (Å²) in [6.07, 6.45) is 0.620. The van der Waals surface area contributed by atoms with Crippen LogP contribution in [0.15, 0.2) is 16.5 Å². The Morgan fingerprint density at radius 3 is 2.62 bits per heavy atom. The van der Waals surface area contributed by atoms with Crippen molar-refractivity contribution in [2.75, 3.05) is 0 Å². The van der Waals surface area contributed by atoms with Crippen LogP contribution in [0, 0.1) is 12.8 Å². The van der Waals surface area contributed by atoms with Crippen LogP contribution >= 0.6 is 0 Å². The Bertz CT molecular complexity index is 344. The van der Waals surface area contributed by atoms with Gasteiger partial charge in [-0.25, -0.2) is 0 Å². The molecule has 0 bridgehead atoms. The third-order valence-electron chi connectivity index (χ3n) is 2.32. The Hall–Kier alpha value is -1.29. The maximum Gasteiger partial charge on any atom is 0.320 e. The van der Waals surface area contributed by atoms with Gasteiger partial charge in [0.2, 0.25) is 0 Å². The number of rotatable bonds is 6. The average molecular weight is 225 g/mol. The molecule has 90 valence electrons. The van der Waals surface area contributed by atoms with Gasteiger partial charge in [0.1, 0.15) is 17.6 Å². The number of carboxylic acids is 1. The number of carboxylic acid groups (broad SMARTS) is 1. The van der Waals surface area contributed by atoms with Gasteiger partial charge in [-0.2, -0.15) is 0 Å². The average Bonchev–Trinajstić information content (AvgIpc) is 2.58.